The Morgan fingerprint density at radius 1 is 1.53 bits per heavy atom. The summed E-state index contributed by atoms with van der Waals surface area (Å²) in [6, 6.07) is 0. The lowest BCUT2D eigenvalue weighted by atomic mass is 10.2. The number of alkyl halides is 3. The second-order valence-electron chi connectivity index (χ2n) is 3.14. The van der Waals surface area contributed by atoms with Gasteiger partial charge in [0.25, 0.3) is 0 Å². The number of carbonyl (C=O) groups excluding carboxylic acids is 1. The summed E-state index contributed by atoms with van der Waals surface area (Å²) in [4.78, 5) is 10.9. The van der Waals surface area contributed by atoms with Crippen molar-refractivity contribution in [3.63, 3.8) is 0 Å². The summed E-state index contributed by atoms with van der Waals surface area (Å²) in [5.74, 6) is -0.795. The highest BCUT2D eigenvalue weighted by Gasteiger charge is 2.29. The van der Waals surface area contributed by atoms with Gasteiger partial charge in [-0.2, -0.15) is 13.2 Å². The van der Waals surface area contributed by atoms with Gasteiger partial charge < -0.3 is 9.84 Å². The van der Waals surface area contributed by atoms with Crippen molar-refractivity contribution in [1.29, 1.82) is 0 Å². The van der Waals surface area contributed by atoms with Crippen LogP contribution in [0, 0.1) is 0 Å². The first-order valence-corrected chi connectivity index (χ1v) is 4.30. The molecule has 1 N–H and O–H groups in total. The maximum atomic E-state index is 11.8. The van der Waals surface area contributed by atoms with Crippen LogP contribution in [0.2, 0.25) is 0 Å². The molecule has 0 bridgehead atoms. The first kappa shape index (κ1) is 14.0. The fourth-order valence-electron chi connectivity index (χ4n) is 0.764. The number of hydrogen-bond donors (Lipinski definition) is 1. The quantitative estimate of drug-likeness (QED) is 0.574. The van der Waals surface area contributed by atoms with Crippen molar-refractivity contribution in [2.24, 2.45) is 0 Å². The summed E-state index contributed by atoms with van der Waals surface area (Å²) in [5.41, 5.74) is 0.0838. The maximum Gasteiger partial charge on any atom is 0.389 e. The van der Waals surface area contributed by atoms with Crippen LogP contribution in [0.1, 0.15) is 19.8 Å². The summed E-state index contributed by atoms with van der Waals surface area (Å²) in [6.07, 6.45) is -6.99. The van der Waals surface area contributed by atoms with Crippen LogP contribution in [0.25, 0.3) is 0 Å². The fourth-order valence-corrected chi connectivity index (χ4v) is 0.764. The molecule has 0 aliphatic rings. The molecule has 0 heterocycles. The lowest BCUT2D eigenvalue weighted by Crippen LogP contribution is -2.24. The minimum absolute atomic E-state index is 0.0838. The third-order valence-corrected chi connectivity index (χ3v) is 1.58. The van der Waals surface area contributed by atoms with Crippen molar-refractivity contribution in [2.45, 2.75) is 32.0 Å². The van der Waals surface area contributed by atoms with E-state index in [0.717, 1.165) is 0 Å². The normalized spacial score (nSPS) is 13.4. The number of carbonyl (C=O) groups is 1. The van der Waals surface area contributed by atoms with Crippen molar-refractivity contribution < 1.29 is 27.8 Å². The van der Waals surface area contributed by atoms with Crippen LogP contribution in [-0.2, 0) is 9.53 Å². The van der Waals surface area contributed by atoms with Crippen LogP contribution in [0.3, 0.4) is 0 Å². The zero-order valence-corrected chi connectivity index (χ0v) is 8.30. The number of ether oxygens (including phenoxy) is 1. The second kappa shape index (κ2) is 5.75. The predicted molar refractivity (Wildman–Crippen MR) is 47.1 cm³/mol. The minimum atomic E-state index is -4.32. The number of halogens is 3. The second-order valence-corrected chi connectivity index (χ2v) is 3.14. The number of hydrogen-bond acceptors (Lipinski definition) is 3. The molecule has 0 rings (SSSR count). The monoisotopic (exact) mass is 226 g/mol. The molecule has 0 aromatic carbocycles. The Balaban J connectivity index is 4.04. The van der Waals surface area contributed by atoms with Crippen LogP contribution in [0.4, 0.5) is 13.2 Å². The molecule has 0 radical (unpaired) electrons. The fraction of sp³-hybridized carbons (Fsp3) is 0.667. The van der Waals surface area contributed by atoms with E-state index in [4.69, 9.17) is 5.11 Å². The van der Waals surface area contributed by atoms with Crippen LogP contribution in [0.5, 0.6) is 0 Å². The molecule has 0 spiro atoms. The third-order valence-electron chi connectivity index (χ3n) is 1.58. The van der Waals surface area contributed by atoms with Crippen molar-refractivity contribution in [1.82, 2.24) is 0 Å². The molecule has 0 amide bonds. The van der Waals surface area contributed by atoms with Crippen molar-refractivity contribution in [3.8, 4) is 0 Å². The predicted octanol–water partition coefficient (Wildman–Crippen LogP) is 1.81. The topological polar surface area (TPSA) is 46.5 Å². The summed E-state index contributed by atoms with van der Waals surface area (Å²) < 4.78 is 40.0. The van der Waals surface area contributed by atoms with Gasteiger partial charge in [0.15, 0.2) is 0 Å². The largest absolute Gasteiger partial charge is 0.457 e. The van der Waals surface area contributed by atoms with E-state index in [1.165, 1.54) is 6.92 Å². The van der Waals surface area contributed by atoms with Gasteiger partial charge in [-0.05, 0) is 13.3 Å². The van der Waals surface area contributed by atoms with Crippen LogP contribution < -0.4 is 0 Å². The van der Waals surface area contributed by atoms with Gasteiger partial charge in [0.2, 0.25) is 0 Å². The molecular formula is C9H13F3O3. The standard InChI is InChI=1S/C9H13F3O3/c1-6(2)8(14)15-7(5-13)3-4-9(10,11)12/h7,13H,1,3-5H2,2H3. The molecule has 88 valence electrons. The molecule has 0 saturated carbocycles. The Labute approximate surface area is 85.5 Å². The van der Waals surface area contributed by atoms with Gasteiger partial charge in [-0.1, -0.05) is 6.58 Å². The molecule has 0 aromatic rings. The van der Waals surface area contributed by atoms with E-state index in [0.29, 0.717) is 0 Å². The number of aliphatic hydroxyl groups is 1. The maximum absolute atomic E-state index is 11.8. The van der Waals surface area contributed by atoms with Gasteiger partial charge >= 0.3 is 12.1 Å². The van der Waals surface area contributed by atoms with Gasteiger partial charge in [0.05, 0.1) is 6.61 Å². The van der Waals surface area contributed by atoms with Crippen molar-refractivity contribution in [2.75, 3.05) is 6.61 Å². The average molecular weight is 226 g/mol. The Morgan fingerprint density at radius 2 is 2.07 bits per heavy atom. The van der Waals surface area contributed by atoms with Crippen LogP contribution in [-0.4, -0.2) is 30.0 Å². The molecule has 0 aromatic heterocycles. The Hall–Kier alpha value is -1.04. The van der Waals surface area contributed by atoms with E-state index in [1.807, 2.05) is 0 Å². The van der Waals surface area contributed by atoms with Crippen molar-refractivity contribution >= 4 is 5.97 Å². The van der Waals surface area contributed by atoms with E-state index in [2.05, 4.69) is 11.3 Å². The highest BCUT2D eigenvalue weighted by molar-refractivity contribution is 5.87. The lowest BCUT2D eigenvalue weighted by molar-refractivity contribution is -0.156. The minimum Gasteiger partial charge on any atom is -0.457 e. The van der Waals surface area contributed by atoms with E-state index in [-0.39, 0.29) is 5.57 Å². The Bertz CT molecular complexity index is 235. The summed E-state index contributed by atoms with van der Waals surface area (Å²) in [7, 11) is 0. The van der Waals surface area contributed by atoms with Crippen LogP contribution >= 0.6 is 0 Å². The van der Waals surface area contributed by atoms with Gasteiger partial charge in [-0.15, -0.1) is 0 Å². The SMILES string of the molecule is C=C(C)C(=O)OC(CO)CCC(F)(F)F. The van der Waals surface area contributed by atoms with E-state index in [9.17, 15) is 18.0 Å². The number of aliphatic hydroxyl groups excluding tert-OH is 1. The molecular weight excluding hydrogens is 213 g/mol. The van der Waals surface area contributed by atoms with Gasteiger partial charge in [-0.25, -0.2) is 4.79 Å². The van der Waals surface area contributed by atoms with E-state index in [1.54, 1.807) is 0 Å². The van der Waals surface area contributed by atoms with Crippen molar-refractivity contribution in [3.05, 3.63) is 12.2 Å². The molecule has 1 atom stereocenters. The van der Waals surface area contributed by atoms with Gasteiger partial charge in [0.1, 0.15) is 6.10 Å². The van der Waals surface area contributed by atoms with Gasteiger partial charge in [0, 0.05) is 12.0 Å². The lowest BCUT2D eigenvalue weighted by Gasteiger charge is -2.16. The molecule has 0 saturated heterocycles. The Kier molecular flexibility index (Phi) is 5.35. The number of esters is 1. The number of rotatable bonds is 5. The summed E-state index contributed by atoms with van der Waals surface area (Å²) in [6.45, 7) is 4.02. The average Bonchev–Trinajstić information content (AvgIpc) is 2.10. The molecule has 0 aliphatic carbocycles. The summed E-state index contributed by atoms with van der Waals surface area (Å²) in [5, 5.41) is 8.68. The first-order valence-electron chi connectivity index (χ1n) is 4.30. The molecule has 15 heavy (non-hydrogen) atoms. The molecule has 1 unspecified atom stereocenters. The first-order chi connectivity index (χ1) is 6.76. The molecule has 0 fully saturated rings. The van der Waals surface area contributed by atoms with E-state index >= 15 is 0 Å². The summed E-state index contributed by atoms with van der Waals surface area (Å²) >= 11 is 0. The highest BCUT2D eigenvalue weighted by atomic mass is 19.4. The third kappa shape index (κ3) is 6.96. The Morgan fingerprint density at radius 3 is 2.40 bits per heavy atom. The molecule has 3 nitrogen and oxygen atoms in total. The molecule has 6 heteroatoms. The zero-order valence-electron chi connectivity index (χ0n) is 8.30. The zero-order chi connectivity index (χ0) is 12.1. The highest BCUT2D eigenvalue weighted by Crippen LogP contribution is 2.23. The van der Waals surface area contributed by atoms with E-state index < -0.39 is 37.7 Å². The smallest absolute Gasteiger partial charge is 0.389 e. The molecule has 0 aliphatic heterocycles. The van der Waals surface area contributed by atoms with Crippen LogP contribution in [0.15, 0.2) is 12.2 Å². The van der Waals surface area contributed by atoms with Gasteiger partial charge in [-0.3, -0.25) is 0 Å².